The van der Waals surface area contributed by atoms with Crippen molar-refractivity contribution in [1.82, 2.24) is 24.3 Å². The molecule has 0 saturated carbocycles. The first-order chi connectivity index (χ1) is 13.0. The van der Waals surface area contributed by atoms with Crippen molar-refractivity contribution in [2.24, 2.45) is 0 Å². The predicted molar refractivity (Wildman–Crippen MR) is 101 cm³/mol. The standard InChI is InChI=1S/C19H17F2N5S/c1-12-6-5-7-14(10-12)25-13(2)23-24-19(25)27-11-17-22-15-8-3-4-9-16(15)26(17)18(20)21/h3-10,18H,11H2,1-2H3. The lowest BCUT2D eigenvalue weighted by Gasteiger charge is -2.10. The molecule has 8 heteroatoms. The van der Waals surface area contributed by atoms with Crippen LogP contribution >= 0.6 is 11.8 Å². The first-order valence-electron chi connectivity index (χ1n) is 8.40. The van der Waals surface area contributed by atoms with Gasteiger partial charge in [-0.15, -0.1) is 10.2 Å². The third-order valence-corrected chi connectivity index (χ3v) is 5.17. The molecule has 4 aromatic rings. The lowest BCUT2D eigenvalue weighted by Crippen LogP contribution is -2.04. The molecule has 0 atom stereocenters. The average Bonchev–Trinajstić information content (AvgIpc) is 3.19. The van der Waals surface area contributed by atoms with Gasteiger partial charge in [0.25, 0.3) is 0 Å². The molecule has 0 amide bonds. The normalized spacial score (nSPS) is 11.6. The number of rotatable bonds is 5. The number of fused-ring (bicyclic) bond motifs is 1. The van der Waals surface area contributed by atoms with Crippen molar-refractivity contribution in [3.05, 3.63) is 65.7 Å². The molecule has 0 bridgehead atoms. The molecule has 2 aromatic heterocycles. The van der Waals surface area contributed by atoms with Crippen molar-refractivity contribution < 1.29 is 8.78 Å². The zero-order valence-corrected chi connectivity index (χ0v) is 15.6. The predicted octanol–water partition coefficient (Wildman–Crippen LogP) is 4.92. The summed E-state index contributed by atoms with van der Waals surface area (Å²) in [5.74, 6) is 1.32. The van der Waals surface area contributed by atoms with E-state index in [0.717, 1.165) is 21.6 Å². The summed E-state index contributed by atoms with van der Waals surface area (Å²) in [4.78, 5) is 4.38. The molecule has 27 heavy (non-hydrogen) atoms. The van der Waals surface area contributed by atoms with E-state index in [2.05, 4.69) is 15.2 Å². The van der Waals surface area contributed by atoms with Crippen LogP contribution in [0.3, 0.4) is 0 Å². The minimum Gasteiger partial charge on any atom is -0.274 e. The molecule has 0 saturated heterocycles. The number of para-hydroxylation sites is 2. The highest BCUT2D eigenvalue weighted by Crippen LogP contribution is 2.29. The molecular formula is C19H17F2N5S. The van der Waals surface area contributed by atoms with Crippen molar-refractivity contribution in [3.63, 3.8) is 0 Å². The Morgan fingerprint density at radius 1 is 1.04 bits per heavy atom. The maximum atomic E-state index is 13.6. The zero-order chi connectivity index (χ0) is 19.0. The quantitative estimate of drug-likeness (QED) is 0.458. The Balaban J connectivity index is 1.68. The lowest BCUT2D eigenvalue weighted by molar-refractivity contribution is 0.0722. The molecule has 4 rings (SSSR count). The summed E-state index contributed by atoms with van der Waals surface area (Å²) in [5.41, 5.74) is 3.06. The average molecular weight is 385 g/mol. The molecule has 0 aliphatic heterocycles. The number of thioether (sulfide) groups is 1. The van der Waals surface area contributed by atoms with Gasteiger partial charge in [0.1, 0.15) is 11.6 Å². The van der Waals surface area contributed by atoms with E-state index < -0.39 is 6.55 Å². The van der Waals surface area contributed by atoms with Gasteiger partial charge in [0.2, 0.25) is 0 Å². The number of hydrogen-bond acceptors (Lipinski definition) is 4. The number of halogens is 2. The molecule has 0 radical (unpaired) electrons. The van der Waals surface area contributed by atoms with E-state index in [1.54, 1.807) is 24.3 Å². The fraction of sp³-hybridized carbons (Fsp3) is 0.211. The molecule has 2 heterocycles. The Morgan fingerprint density at radius 3 is 2.63 bits per heavy atom. The summed E-state index contributed by atoms with van der Waals surface area (Å²) in [6, 6.07) is 14.9. The Hall–Kier alpha value is -2.74. The Bertz CT molecular complexity index is 1100. The van der Waals surface area contributed by atoms with Crippen LogP contribution in [0.1, 0.15) is 23.8 Å². The SMILES string of the molecule is Cc1cccc(-n2c(C)nnc2SCc2nc3ccccc3n2C(F)F)c1. The molecular weight excluding hydrogens is 368 g/mol. The smallest absolute Gasteiger partial charge is 0.274 e. The van der Waals surface area contributed by atoms with Gasteiger partial charge in [0.05, 0.1) is 16.8 Å². The Kier molecular flexibility index (Phi) is 4.65. The van der Waals surface area contributed by atoms with Crippen LogP contribution in [0.25, 0.3) is 16.7 Å². The third-order valence-electron chi connectivity index (χ3n) is 4.25. The first-order valence-corrected chi connectivity index (χ1v) is 9.39. The second-order valence-electron chi connectivity index (χ2n) is 6.16. The van der Waals surface area contributed by atoms with Crippen LogP contribution in [-0.4, -0.2) is 24.3 Å². The largest absolute Gasteiger partial charge is 0.320 e. The van der Waals surface area contributed by atoms with E-state index in [9.17, 15) is 8.78 Å². The lowest BCUT2D eigenvalue weighted by atomic mass is 10.2. The van der Waals surface area contributed by atoms with Gasteiger partial charge < -0.3 is 0 Å². The fourth-order valence-corrected chi connectivity index (χ4v) is 3.97. The van der Waals surface area contributed by atoms with Crippen LogP contribution in [0.15, 0.2) is 53.7 Å². The maximum Gasteiger partial charge on any atom is 0.320 e. The van der Waals surface area contributed by atoms with Crippen LogP contribution in [-0.2, 0) is 5.75 Å². The summed E-state index contributed by atoms with van der Waals surface area (Å²) in [6.45, 7) is 1.24. The maximum absolute atomic E-state index is 13.6. The first kappa shape index (κ1) is 17.7. The monoisotopic (exact) mass is 385 g/mol. The minimum atomic E-state index is -2.65. The second kappa shape index (κ2) is 7.11. The molecule has 0 aliphatic carbocycles. The van der Waals surface area contributed by atoms with E-state index in [1.807, 2.05) is 42.7 Å². The Morgan fingerprint density at radius 2 is 1.85 bits per heavy atom. The van der Waals surface area contributed by atoms with E-state index in [1.165, 1.54) is 11.8 Å². The van der Waals surface area contributed by atoms with Gasteiger partial charge in [-0.3, -0.25) is 9.13 Å². The van der Waals surface area contributed by atoms with Crippen molar-refractivity contribution in [3.8, 4) is 5.69 Å². The van der Waals surface area contributed by atoms with Gasteiger partial charge >= 0.3 is 6.55 Å². The zero-order valence-electron chi connectivity index (χ0n) is 14.8. The molecule has 5 nitrogen and oxygen atoms in total. The van der Waals surface area contributed by atoms with Gasteiger partial charge in [-0.2, -0.15) is 8.78 Å². The number of aromatic nitrogens is 5. The van der Waals surface area contributed by atoms with Gasteiger partial charge in [0.15, 0.2) is 5.16 Å². The molecule has 0 fully saturated rings. The summed E-state index contributed by atoms with van der Waals surface area (Å²) in [5, 5.41) is 9.01. The molecule has 0 N–H and O–H groups in total. The number of nitrogens with zero attached hydrogens (tertiary/aromatic N) is 5. The minimum absolute atomic E-state index is 0.267. The highest BCUT2D eigenvalue weighted by atomic mass is 32.2. The number of aryl methyl sites for hydroxylation is 2. The van der Waals surface area contributed by atoms with Crippen molar-refractivity contribution in [2.45, 2.75) is 31.3 Å². The second-order valence-corrected chi connectivity index (χ2v) is 7.10. The Labute approximate surface area is 159 Å². The molecule has 0 spiro atoms. The third kappa shape index (κ3) is 3.32. The number of hydrogen-bond donors (Lipinski definition) is 0. The molecule has 0 unspecified atom stereocenters. The van der Waals surface area contributed by atoms with Crippen LogP contribution in [0, 0.1) is 13.8 Å². The van der Waals surface area contributed by atoms with Gasteiger partial charge in [-0.25, -0.2) is 4.98 Å². The van der Waals surface area contributed by atoms with Crippen molar-refractivity contribution >= 4 is 22.8 Å². The summed E-state index contributed by atoms with van der Waals surface area (Å²) >= 11 is 1.34. The topological polar surface area (TPSA) is 48.5 Å². The van der Waals surface area contributed by atoms with Crippen LogP contribution in [0.4, 0.5) is 8.78 Å². The number of alkyl halides is 2. The molecule has 0 aliphatic rings. The summed E-state index contributed by atoms with van der Waals surface area (Å²) < 4.78 is 30.1. The van der Waals surface area contributed by atoms with Gasteiger partial charge in [0, 0.05) is 5.69 Å². The summed E-state index contributed by atoms with van der Waals surface area (Å²) in [6.07, 6.45) is 0. The number of imidazole rings is 1. The van der Waals surface area contributed by atoms with Crippen LogP contribution in [0.5, 0.6) is 0 Å². The highest BCUT2D eigenvalue weighted by molar-refractivity contribution is 7.98. The van der Waals surface area contributed by atoms with Gasteiger partial charge in [-0.05, 0) is 43.7 Å². The fourth-order valence-electron chi connectivity index (χ4n) is 3.04. The van der Waals surface area contributed by atoms with E-state index in [-0.39, 0.29) is 5.75 Å². The number of benzene rings is 2. The van der Waals surface area contributed by atoms with Crippen molar-refractivity contribution in [1.29, 1.82) is 0 Å². The van der Waals surface area contributed by atoms with Crippen molar-refractivity contribution in [2.75, 3.05) is 0 Å². The highest BCUT2D eigenvalue weighted by Gasteiger charge is 2.19. The van der Waals surface area contributed by atoms with E-state index in [0.29, 0.717) is 22.0 Å². The van der Waals surface area contributed by atoms with E-state index >= 15 is 0 Å². The molecule has 138 valence electrons. The summed E-state index contributed by atoms with van der Waals surface area (Å²) in [7, 11) is 0. The van der Waals surface area contributed by atoms with Crippen LogP contribution < -0.4 is 0 Å². The van der Waals surface area contributed by atoms with Crippen LogP contribution in [0.2, 0.25) is 0 Å². The molecule has 2 aromatic carbocycles. The van der Waals surface area contributed by atoms with Gasteiger partial charge in [-0.1, -0.05) is 36.0 Å². The van der Waals surface area contributed by atoms with E-state index in [4.69, 9.17) is 0 Å².